The zero-order chi connectivity index (χ0) is 13.8. The van der Waals surface area contributed by atoms with Gasteiger partial charge in [-0.3, -0.25) is 4.90 Å². The maximum absolute atomic E-state index is 5.97. The summed E-state index contributed by atoms with van der Waals surface area (Å²) in [6.07, 6.45) is 2.58. The number of likely N-dealkylation sites (tertiary alicyclic amines) is 1. The average molecular weight is 283 g/mol. The summed E-state index contributed by atoms with van der Waals surface area (Å²) >= 11 is 5.97. The number of hydrogen-bond donors (Lipinski definition) is 0. The molecule has 106 valence electrons. The van der Waals surface area contributed by atoms with Crippen LogP contribution >= 0.6 is 11.6 Å². The lowest BCUT2D eigenvalue weighted by molar-refractivity contribution is 0.172. The van der Waals surface area contributed by atoms with Gasteiger partial charge >= 0.3 is 0 Å². The Hall–Kier alpha value is -0.710. The third-order valence-corrected chi connectivity index (χ3v) is 3.88. The van der Waals surface area contributed by atoms with Crippen molar-refractivity contribution in [2.24, 2.45) is 5.92 Å². The fourth-order valence-electron chi connectivity index (χ4n) is 2.65. The van der Waals surface area contributed by atoms with Crippen LogP contribution in [0.1, 0.15) is 24.4 Å². The monoisotopic (exact) mass is 282 g/mol. The molecule has 0 unspecified atom stereocenters. The Morgan fingerprint density at radius 3 is 2.68 bits per heavy atom. The summed E-state index contributed by atoms with van der Waals surface area (Å²) in [5.41, 5.74) is 0.933. The number of rotatable bonds is 4. The van der Waals surface area contributed by atoms with Gasteiger partial charge in [0.2, 0.25) is 0 Å². The Morgan fingerprint density at radius 2 is 2.05 bits per heavy atom. The minimum atomic E-state index is 0.537. The highest BCUT2D eigenvalue weighted by atomic mass is 35.5. The minimum Gasteiger partial charge on any atom is -0.306 e. The van der Waals surface area contributed by atoms with E-state index in [1.54, 1.807) is 6.07 Å². The second kappa shape index (κ2) is 6.64. The van der Waals surface area contributed by atoms with Gasteiger partial charge in [0.1, 0.15) is 11.0 Å². The zero-order valence-corrected chi connectivity index (χ0v) is 12.8. The number of nitrogens with zero attached hydrogens (tertiary/aromatic N) is 4. The summed E-state index contributed by atoms with van der Waals surface area (Å²) in [7, 11) is 4.33. The molecule has 1 aliphatic heterocycles. The van der Waals surface area contributed by atoms with Gasteiger partial charge in [0.25, 0.3) is 0 Å². The third-order valence-electron chi connectivity index (χ3n) is 3.69. The van der Waals surface area contributed by atoms with E-state index in [9.17, 15) is 0 Å². The van der Waals surface area contributed by atoms with Crippen molar-refractivity contribution in [3.63, 3.8) is 0 Å². The molecule has 0 aromatic carbocycles. The molecule has 0 amide bonds. The molecule has 0 bridgehead atoms. The predicted molar refractivity (Wildman–Crippen MR) is 78.3 cm³/mol. The molecule has 0 atom stereocenters. The normalized spacial score (nSPS) is 18.2. The summed E-state index contributed by atoms with van der Waals surface area (Å²) in [5.74, 6) is 1.61. The van der Waals surface area contributed by atoms with E-state index in [0.29, 0.717) is 5.15 Å². The van der Waals surface area contributed by atoms with E-state index in [2.05, 4.69) is 33.9 Å². The maximum atomic E-state index is 5.97. The number of piperidine rings is 1. The first-order chi connectivity index (χ1) is 9.02. The van der Waals surface area contributed by atoms with Gasteiger partial charge in [0.15, 0.2) is 0 Å². The fourth-order valence-corrected chi connectivity index (χ4v) is 2.91. The molecule has 0 N–H and O–H groups in total. The number of hydrogen-bond acceptors (Lipinski definition) is 4. The Bertz CT molecular complexity index is 396. The number of aryl methyl sites for hydroxylation is 1. The van der Waals surface area contributed by atoms with Crippen molar-refractivity contribution in [1.82, 2.24) is 19.8 Å². The van der Waals surface area contributed by atoms with Crippen molar-refractivity contribution in [2.75, 3.05) is 33.7 Å². The minimum absolute atomic E-state index is 0.537. The summed E-state index contributed by atoms with van der Waals surface area (Å²) in [4.78, 5) is 13.4. The van der Waals surface area contributed by atoms with Gasteiger partial charge < -0.3 is 4.90 Å². The standard InChI is InChI=1S/C14H23ClN4/c1-11-8-13(15)17-14(16-11)10-19(3)9-12-4-6-18(2)7-5-12/h8,12H,4-7,9-10H2,1-3H3. The molecular weight excluding hydrogens is 260 g/mol. The first kappa shape index (κ1) is 14.7. The highest BCUT2D eigenvalue weighted by molar-refractivity contribution is 6.29. The van der Waals surface area contributed by atoms with Gasteiger partial charge in [-0.25, -0.2) is 9.97 Å². The molecule has 0 radical (unpaired) electrons. The first-order valence-corrected chi connectivity index (χ1v) is 7.28. The van der Waals surface area contributed by atoms with Gasteiger partial charge in [-0.15, -0.1) is 0 Å². The van der Waals surface area contributed by atoms with Crippen LogP contribution in [0.2, 0.25) is 5.15 Å². The molecule has 2 heterocycles. The lowest BCUT2D eigenvalue weighted by Gasteiger charge is -2.31. The van der Waals surface area contributed by atoms with Gasteiger partial charge in [0, 0.05) is 12.2 Å². The van der Waals surface area contributed by atoms with Gasteiger partial charge in [-0.2, -0.15) is 0 Å². The Balaban J connectivity index is 1.85. The molecule has 19 heavy (non-hydrogen) atoms. The Morgan fingerprint density at radius 1 is 1.37 bits per heavy atom. The molecule has 1 fully saturated rings. The fraction of sp³-hybridized carbons (Fsp3) is 0.714. The van der Waals surface area contributed by atoms with Crippen LogP contribution < -0.4 is 0 Å². The number of aromatic nitrogens is 2. The molecule has 0 aliphatic carbocycles. The van der Waals surface area contributed by atoms with Crippen LogP contribution in [0.4, 0.5) is 0 Å². The van der Waals surface area contributed by atoms with E-state index in [4.69, 9.17) is 11.6 Å². The van der Waals surface area contributed by atoms with Crippen LogP contribution in [0, 0.1) is 12.8 Å². The summed E-state index contributed by atoms with van der Waals surface area (Å²) in [5, 5.41) is 0.537. The third kappa shape index (κ3) is 4.71. The Kier molecular flexibility index (Phi) is 5.13. The molecule has 1 saturated heterocycles. The van der Waals surface area contributed by atoms with Crippen LogP contribution in [0.5, 0.6) is 0 Å². The molecule has 5 heteroatoms. The molecule has 2 rings (SSSR count). The van der Waals surface area contributed by atoms with E-state index < -0.39 is 0 Å². The van der Waals surface area contributed by atoms with Gasteiger partial charge in [-0.1, -0.05) is 11.6 Å². The van der Waals surface area contributed by atoms with Crippen molar-refractivity contribution in [2.45, 2.75) is 26.3 Å². The van der Waals surface area contributed by atoms with Crippen molar-refractivity contribution >= 4 is 11.6 Å². The quantitative estimate of drug-likeness (QED) is 0.793. The van der Waals surface area contributed by atoms with Crippen molar-refractivity contribution in [3.05, 3.63) is 22.7 Å². The molecule has 1 aromatic rings. The van der Waals surface area contributed by atoms with E-state index in [0.717, 1.165) is 30.5 Å². The second-order valence-electron chi connectivity index (χ2n) is 5.69. The molecule has 0 saturated carbocycles. The molecule has 1 aliphatic rings. The van der Waals surface area contributed by atoms with E-state index >= 15 is 0 Å². The predicted octanol–water partition coefficient (Wildman–Crippen LogP) is 2.21. The van der Waals surface area contributed by atoms with Crippen molar-refractivity contribution in [1.29, 1.82) is 0 Å². The van der Waals surface area contributed by atoms with Crippen LogP contribution in [-0.4, -0.2) is 53.5 Å². The highest BCUT2D eigenvalue weighted by Crippen LogP contribution is 2.17. The average Bonchev–Trinajstić information content (AvgIpc) is 2.30. The van der Waals surface area contributed by atoms with Gasteiger partial charge in [-0.05, 0) is 58.9 Å². The molecular formula is C14H23ClN4. The lowest BCUT2D eigenvalue weighted by Crippen LogP contribution is -2.35. The lowest BCUT2D eigenvalue weighted by atomic mass is 9.97. The number of halogens is 1. The van der Waals surface area contributed by atoms with Crippen molar-refractivity contribution in [3.8, 4) is 0 Å². The summed E-state index contributed by atoms with van der Waals surface area (Å²) in [6.45, 7) is 6.26. The first-order valence-electron chi connectivity index (χ1n) is 6.90. The van der Waals surface area contributed by atoms with E-state index in [-0.39, 0.29) is 0 Å². The van der Waals surface area contributed by atoms with Gasteiger partial charge in [0.05, 0.1) is 6.54 Å². The molecule has 1 aromatic heterocycles. The Labute approximate surface area is 120 Å². The second-order valence-corrected chi connectivity index (χ2v) is 6.08. The molecule has 4 nitrogen and oxygen atoms in total. The largest absolute Gasteiger partial charge is 0.306 e. The van der Waals surface area contributed by atoms with Crippen LogP contribution in [0.3, 0.4) is 0 Å². The highest BCUT2D eigenvalue weighted by Gasteiger charge is 2.18. The smallest absolute Gasteiger partial charge is 0.144 e. The van der Waals surface area contributed by atoms with Crippen molar-refractivity contribution < 1.29 is 0 Å². The summed E-state index contributed by atoms with van der Waals surface area (Å²) < 4.78 is 0. The SMILES string of the molecule is Cc1cc(Cl)nc(CN(C)CC2CCN(C)CC2)n1. The topological polar surface area (TPSA) is 32.3 Å². The van der Waals surface area contributed by atoms with Crippen LogP contribution in [0.25, 0.3) is 0 Å². The van der Waals surface area contributed by atoms with Crippen LogP contribution in [0.15, 0.2) is 6.07 Å². The summed E-state index contributed by atoms with van der Waals surface area (Å²) in [6, 6.07) is 1.79. The zero-order valence-electron chi connectivity index (χ0n) is 12.1. The van der Waals surface area contributed by atoms with E-state index in [1.165, 1.54) is 25.9 Å². The molecule has 0 spiro atoms. The van der Waals surface area contributed by atoms with E-state index in [1.807, 2.05) is 6.92 Å². The maximum Gasteiger partial charge on any atom is 0.144 e. The van der Waals surface area contributed by atoms with Crippen LogP contribution in [-0.2, 0) is 6.54 Å².